The summed E-state index contributed by atoms with van der Waals surface area (Å²) < 4.78 is 6.89. The number of nitrogens with zero attached hydrogens (tertiary/aromatic N) is 3. The van der Waals surface area contributed by atoms with Gasteiger partial charge in [-0.2, -0.15) is 0 Å². The Kier molecular flexibility index (Phi) is 8.12. The molecule has 3 heterocycles. The lowest BCUT2D eigenvalue weighted by Crippen LogP contribution is -1.96. The minimum Gasteiger partial charge on any atom is -0.455 e. The number of furan rings is 1. The summed E-state index contributed by atoms with van der Waals surface area (Å²) >= 11 is 0. The van der Waals surface area contributed by atoms with Gasteiger partial charge in [-0.3, -0.25) is 0 Å². The molecule has 10 rings (SSSR count). The van der Waals surface area contributed by atoms with Gasteiger partial charge in [0.2, 0.25) is 0 Å². The number of hydrogen-bond acceptors (Lipinski definition) is 4. The third-order valence-corrected chi connectivity index (χ3v) is 10.1. The minimum absolute atomic E-state index is 0.682. The van der Waals surface area contributed by atoms with Gasteiger partial charge in [0, 0.05) is 38.8 Å². The van der Waals surface area contributed by atoms with Gasteiger partial charge in [0.1, 0.15) is 11.3 Å². The molecule has 0 aliphatic heterocycles. The van der Waals surface area contributed by atoms with Gasteiger partial charge in [-0.1, -0.05) is 182 Å². The molecule has 0 unspecified atom stereocenters. The Morgan fingerprint density at radius 1 is 0.345 bits per heavy atom. The molecule has 10 aromatic rings. The zero-order chi connectivity index (χ0) is 36.6. The third-order valence-electron chi connectivity index (χ3n) is 10.1. The van der Waals surface area contributed by atoms with Crippen LogP contribution in [0.1, 0.15) is 0 Å². The van der Waals surface area contributed by atoms with Crippen LogP contribution >= 0.6 is 0 Å². The summed E-state index contributed by atoms with van der Waals surface area (Å²) in [6.45, 7) is 0. The number of hydrogen-bond donors (Lipinski definition) is 0. The Morgan fingerprint density at radius 2 is 0.800 bits per heavy atom. The molecule has 0 spiro atoms. The average Bonchev–Trinajstić information content (AvgIpc) is 3.69. The maximum absolute atomic E-state index is 6.89. The van der Waals surface area contributed by atoms with Crippen molar-refractivity contribution >= 4 is 21.9 Å². The van der Waals surface area contributed by atoms with E-state index in [9.17, 15) is 0 Å². The Balaban J connectivity index is 1.12. The van der Waals surface area contributed by atoms with Crippen LogP contribution in [0.3, 0.4) is 0 Å². The van der Waals surface area contributed by atoms with Crippen LogP contribution in [0.5, 0.6) is 0 Å². The van der Waals surface area contributed by atoms with E-state index in [1.54, 1.807) is 0 Å². The fraction of sp³-hybridized carbons (Fsp3) is 0. The van der Waals surface area contributed by atoms with Crippen LogP contribution in [-0.2, 0) is 0 Å². The summed E-state index contributed by atoms with van der Waals surface area (Å²) in [4.78, 5) is 15.5. The number of rotatable bonds is 7. The van der Waals surface area contributed by atoms with Crippen LogP contribution in [0.4, 0.5) is 0 Å². The molecule has 0 fully saturated rings. The normalized spacial score (nSPS) is 11.3. The highest BCUT2D eigenvalue weighted by atomic mass is 16.3. The molecule has 0 bridgehead atoms. The van der Waals surface area contributed by atoms with Crippen molar-refractivity contribution in [3.05, 3.63) is 200 Å². The first kappa shape index (κ1) is 32.2. The summed E-state index contributed by atoms with van der Waals surface area (Å²) in [5.74, 6) is 1.51. The monoisotopic (exact) mass is 703 g/mol. The van der Waals surface area contributed by atoms with Gasteiger partial charge in [-0.15, -0.1) is 0 Å². The molecule has 0 amide bonds. The van der Waals surface area contributed by atoms with E-state index in [1.807, 2.05) is 48.5 Å². The second-order valence-corrected chi connectivity index (χ2v) is 13.6. The molecule has 0 saturated heterocycles. The van der Waals surface area contributed by atoms with E-state index in [-0.39, 0.29) is 0 Å². The zero-order valence-electron chi connectivity index (χ0n) is 29.8. The topological polar surface area (TPSA) is 51.8 Å². The molecule has 4 heteroatoms. The number of para-hydroxylation sites is 1. The van der Waals surface area contributed by atoms with Crippen LogP contribution in [-0.4, -0.2) is 15.0 Å². The smallest absolute Gasteiger partial charge is 0.160 e. The first-order valence-electron chi connectivity index (χ1n) is 18.4. The standard InChI is InChI=1S/C51H33N3O/c1-5-15-34(16-6-1)35-25-27-36(28-26-35)44-33-45(54-51(53-44)41-21-11-4-12-22-41)37-29-31-39(32-30-37)48-47-46(38-17-7-2-8-18-38)49(40-19-9-3-10-20-40)55-50(47)42-23-13-14-24-43(42)52-48/h1-33H. The maximum Gasteiger partial charge on any atom is 0.160 e. The van der Waals surface area contributed by atoms with Crippen molar-refractivity contribution in [2.75, 3.05) is 0 Å². The third kappa shape index (κ3) is 6.06. The lowest BCUT2D eigenvalue weighted by molar-refractivity contribution is 0.636. The van der Waals surface area contributed by atoms with Gasteiger partial charge in [-0.05, 0) is 34.9 Å². The van der Waals surface area contributed by atoms with E-state index >= 15 is 0 Å². The SMILES string of the molecule is c1ccc(-c2ccc(-c3cc(-c4ccc(-c5nc6ccccc6c6oc(-c7ccccc7)c(-c7ccccc7)c56)cc4)nc(-c4ccccc4)n3)cc2)cc1. The molecule has 0 radical (unpaired) electrons. The van der Waals surface area contributed by atoms with Crippen molar-refractivity contribution in [1.82, 2.24) is 15.0 Å². The Labute approximate surface area is 319 Å². The first-order chi connectivity index (χ1) is 27.3. The van der Waals surface area contributed by atoms with E-state index in [1.165, 1.54) is 5.56 Å². The van der Waals surface area contributed by atoms with E-state index < -0.39 is 0 Å². The summed E-state index contributed by atoms with van der Waals surface area (Å²) in [6.07, 6.45) is 0. The molecule has 4 nitrogen and oxygen atoms in total. The van der Waals surface area contributed by atoms with Crippen LogP contribution in [0.15, 0.2) is 205 Å². The molecule has 7 aromatic carbocycles. The molecule has 3 aromatic heterocycles. The van der Waals surface area contributed by atoms with E-state index in [2.05, 4.69) is 152 Å². The van der Waals surface area contributed by atoms with Crippen LogP contribution in [0.25, 0.3) is 101 Å². The largest absolute Gasteiger partial charge is 0.455 e. The van der Waals surface area contributed by atoms with E-state index in [0.717, 1.165) is 89.2 Å². The quantitative estimate of drug-likeness (QED) is 0.166. The highest BCUT2D eigenvalue weighted by Crippen LogP contribution is 2.46. The Bertz CT molecular complexity index is 2920. The van der Waals surface area contributed by atoms with Gasteiger partial charge in [-0.25, -0.2) is 15.0 Å². The van der Waals surface area contributed by atoms with Crippen LogP contribution in [0.2, 0.25) is 0 Å². The lowest BCUT2D eigenvalue weighted by atomic mass is 9.94. The lowest BCUT2D eigenvalue weighted by Gasteiger charge is -2.12. The van der Waals surface area contributed by atoms with Crippen LogP contribution < -0.4 is 0 Å². The van der Waals surface area contributed by atoms with Crippen molar-refractivity contribution in [3.8, 4) is 78.7 Å². The molecular weight excluding hydrogens is 671 g/mol. The van der Waals surface area contributed by atoms with Gasteiger partial charge in [0.05, 0.1) is 28.0 Å². The highest BCUT2D eigenvalue weighted by molar-refractivity contribution is 6.16. The Hall–Kier alpha value is -7.43. The number of pyridine rings is 1. The molecule has 0 aliphatic rings. The van der Waals surface area contributed by atoms with Gasteiger partial charge >= 0.3 is 0 Å². The molecule has 0 atom stereocenters. The predicted molar refractivity (Wildman–Crippen MR) is 225 cm³/mol. The Morgan fingerprint density at radius 3 is 1.40 bits per heavy atom. The molecule has 55 heavy (non-hydrogen) atoms. The van der Waals surface area contributed by atoms with E-state index in [0.29, 0.717) is 5.82 Å². The second kappa shape index (κ2) is 13.8. The van der Waals surface area contributed by atoms with Crippen molar-refractivity contribution in [3.63, 3.8) is 0 Å². The van der Waals surface area contributed by atoms with Crippen molar-refractivity contribution in [2.45, 2.75) is 0 Å². The summed E-state index contributed by atoms with van der Waals surface area (Å²) in [7, 11) is 0. The second-order valence-electron chi connectivity index (χ2n) is 13.6. The number of aromatic nitrogens is 3. The minimum atomic E-state index is 0.682. The van der Waals surface area contributed by atoms with Crippen molar-refractivity contribution in [2.24, 2.45) is 0 Å². The van der Waals surface area contributed by atoms with Crippen molar-refractivity contribution < 1.29 is 4.42 Å². The van der Waals surface area contributed by atoms with Crippen molar-refractivity contribution in [1.29, 1.82) is 0 Å². The predicted octanol–water partition coefficient (Wildman–Crippen LogP) is 13.4. The maximum atomic E-state index is 6.89. The van der Waals surface area contributed by atoms with E-state index in [4.69, 9.17) is 19.4 Å². The average molecular weight is 704 g/mol. The molecule has 0 saturated carbocycles. The molecular formula is C51H33N3O. The summed E-state index contributed by atoms with van der Waals surface area (Å²) in [5, 5.41) is 1.97. The van der Waals surface area contributed by atoms with Gasteiger partial charge in [0.15, 0.2) is 5.82 Å². The van der Waals surface area contributed by atoms with Crippen LogP contribution in [0, 0.1) is 0 Å². The number of fused-ring (bicyclic) bond motifs is 3. The number of benzene rings is 7. The zero-order valence-corrected chi connectivity index (χ0v) is 29.8. The summed E-state index contributed by atoms with van der Waals surface area (Å²) in [5.41, 5.74) is 13.7. The highest BCUT2D eigenvalue weighted by Gasteiger charge is 2.24. The molecule has 0 aliphatic carbocycles. The van der Waals surface area contributed by atoms with Gasteiger partial charge in [0.25, 0.3) is 0 Å². The molecule has 0 N–H and O–H groups in total. The fourth-order valence-electron chi connectivity index (χ4n) is 7.39. The van der Waals surface area contributed by atoms with Gasteiger partial charge < -0.3 is 4.42 Å². The summed E-state index contributed by atoms with van der Waals surface area (Å²) in [6, 6.07) is 68.9. The fourth-order valence-corrected chi connectivity index (χ4v) is 7.39. The first-order valence-corrected chi connectivity index (χ1v) is 18.4. The molecule has 258 valence electrons.